The molecule has 146 valence electrons. The van der Waals surface area contributed by atoms with Gasteiger partial charge in [0.2, 0.25) is 10.0 Å². The van der Waals surface area contributed by atoms with Crippen LogP contribution in [0.25, 0.3) is 0 Å². The van der Waals surface area contributed by atoms with Crippen molar-refractivity contribution in [3.63, 3.8) is 0 Å². The number of ether oxygens (including phenoxy) is 2. The highest BCUT2D eigenvalue weighted by molar-refractivity contribution is 7.90. The van der Waals surface area contributed by atoms with Crippen LogP contribution in [0.3, 0.4) is 0 Å². The number of rotatable bonds is 6. The molecule has 1 aliphatic rings. The summed E-state index contributed by atoms with van der Waals surface area (Å²) in [5, 5.41) is 0.418. The van der Waals surface area contributed by atoms with Crippen molar-refractivity contribution in [2.24, 2.45) is 0 Å². The van der Waals surface area contributed by atoms with Crippen molar-refractivity contribution in [2.75, 3.05) is 26.0 Å². The van der Waals surface area contributed by atoms with E-state index in [1.807, 2.05) is 0 Å². The Morgan fingerprint density at radius 1 is 1.00 bits per heavy atom. The Balaban J connectivity index is 1.67. The minimum Gasteiger partial charge on any atom is -0.486 e. The fraction of sp³-hybridized carbons (Fsp3) is 0.294. The number of benzene rings is 2. The summed E-state index contributed by atoms with van der Waals surface area (Å²) in [4.78, 5) is 0.0578. The van der Waals surface area contributed by atoms with E-state index in [9.17, 15) is 16.8 Å². The quantitative estimate of drug-likeness (QED) is 0.751. The summed E-state index contributed by atoms with van der Waals surface area (Å²) in [7, 11) is -7.13. The summed E-state index contributed by atoms with van der Waals surface area (Å²) >= 11 is 6.17. The highest BCUT2D eigenvalue weighted by Crippen LogP contribution is 2.38. The summed E-state index contributed by atoms with van der Waals surface area (Å²) in [5.74, 6) is 1.04. The molecule has 0 unspecified atom stereocenters. The molecule has 27 heavy (non-hydrogen) atoms. The summed E-state index contributed by atoms with van der Waals surface area (Å²) in [6, 6.07) is 8.55. The molecule has 0 atom stereocenters. The van der Waals surface area contributed by atoms with Crippen molar-refractivity contribution in [2.45, 2.75) is 16.2 Å². The Kier molecular flexibility index (Phi) is 5.66. The lowest BCUT2D eigenvalue weighted by Gasteiger charge is -2.20. The van der Waals surface area contributed by atoms with E-state index < -0.39 is 19.9 Å². The van der Waals surface area contributed by atoms with Gasteiger partial charge < -0.3 is 9.47 Å². The maximum absolute atomic E-state index is 12.4. The molecule has 0 aromatic heterocycles. The maximum Gasteiger partial charge on any atom is 0.240 e. The molecule has 2 aromatic rings. The number of fused-ring (bicyclic) bond motifs is 1. The van der Waals surface area contributed by atoms with Gasteiger partial charge in [-0.15, -0.1) is 0 Å². The fourth-order valence-electron chi connectivity index (χ4n) is 2.59. The summed E-state index contributed by atoms with van der Waals surface area (Å²) in [6.45, 7) is 1.01. The predicted octanol–water partition coefficient (Wildman–Crippen LogP) is 2.04. The molecule has 2 aromatic carbocycles. The average molecular weight is 432 g/mol. The van der Waals surface area contributed by atoms with Gasteiger partial charge in [0.05, 0.1) is 14.8 Å². The third-order valence-electron chi connectivity index (χ3n) is 3.92. The molecule has 0 spiro atoms. The number of sulfone groups is 1. The van der Waals surface area contributed by atoms with Crippen molar-refractivity contribution in [1.29, 1.82) is 0 Å². The van der Waals surface area contributed by atoms with Crippen LogP contribution in [0.2, 0.25) is 5.02 Å². The molecule has 0 fully saturated rings. The Hall–Kier alpha value is -1.81. The number of sulfonamides is 1. The molecule has 1 aliphatic heterocycles. The molecule has 1 N–H and O–H groups in total. The first-order valence-corrected chi connectivity index (χ1v) is 11.8. The van der Waals surface area contributed by atoms with Gasteiger partial charge in [-0.05, 0) is 48.4 Å². The van der Waals surface area contributed by atoms with Gasteiger partial charge in [-0.2, -0.15) is 0 Å². The van der Waals surface area contributed by atoms with Gasteiger partial charge >= 0.3 is 0 Å². The van der Waals surface area contributed by atoms with Gasteiger partial charge in [0.25, 0.3) is 0 Å². The van der Waals surface area contributed by atoms with Gasteiger partial charge in [0.15, 0.2) is 21.3 Å². The normalized spacial score (nSPS) is 14.1. The first kappa shape index (κ1) is 19.9. The van der Waals surface area contributed by atoms with Gasteiger partial charge in [0, 0.05) is 12.8 Å². The summed E-state index contributed by atoms with van der Waals surface area (Å²) < 4.78 is 61.1. The van der Waals surface area contributed by atoms with Gasteiger partial charge in [0.1, 0.15) is 13.2 Å². The minimum absolute atomic E-state index is 0.00453. The zero-order valence-corrected chi connectivity index (χ0v) is 16.8. The molecular weight excluding hydrogens is 414 g/mol. The molecule has 7 nitrogen and oxygen atoms in total. The molecular formula is C17H18ClNO6S2. The largest absolute Gasteiger partial charge is 0.486 e. The van der Waals surface area contributed by atoms with Crippen LogP contribution in [0.5, 0.6) is 11.5 Å². The fourth-order valence-corrected chi connectivity index (χ4v) is 4.54. The van der Waals surface area contributed by atoms with Crippen molar-refractivity contribution in [1.82, 2.24) is 4.72 Å². The van der Waals surface area contributed by atoms with Crippen LogP contribution in [-0.2, 0) is 26.3 Å². The number of hydrogen-bond acceptors (Lipinski definition) is 6. The molecule has 0 saturated carbocycles. The van der Waals surface area contributed by atoms with Gasteiger partial charge in [-0.25, -0.2) is 21.6 Å². The van der Waals surface area contributed by atoms with Crippen LogP contribution >= 0.6 is 11.6 Å². The SMILES string of the molecule is CS(=O)(=O)c1ccc(S(=O)(=O)NCCc2cc(Cl)c3c(c2)OCCO3)cc1. The average Bonchev–Trinajstić information content (AvgIpc) is 2.61. The molecule has 10 heteroatoms. The molecule has 0 aliphatic carbocycles. The second-order valence-electron chi connectivity index (χ2n) is 5.99. The third-order valence-corrected chi connectivity index (χ3v) is 6.81. The lowest BCUT2D eigenvalue weighted by molar-refractivity contribution is 0.171. The molecule has 0 saturated heterocycles. The highest BCUT2D eigenvalue weighted by Gasteiger charge is 2.18. The van der Waals surface area contributed by atoms with Crippen LogP contribution in [-0.4, -0.2) is 42.8 Å². The van der Waals surface area contributed by atoms with E-state index in [1.165, 1.54) is 24.3 Å². The number of hydrogen-bond donors (Lipinski definition) is 1. The van der Waals surface area contributed by atoms with Crippen molar-refractivity contribution < 1.29 is 26.3 Å². The second kappa shape index (κ2) is 7.67. The molecule has 0 bridgehead atoms. The highest BCUT2D eigenvalue weighted by atomic mass is 35.5. The van der Waals surface area contributed by atoms with Crippen molar-refractivity contribution >= 4 is 31.5 Å². The first-order valence-electron chi connectivity index (χ1n) is 8.05. The lowest BCUT2D eigenvalue weighted by Crippen LogP contribution is -2.26. The molecule has 1 heterocycles. The lowest BCUT2D eigenvalue weighted by atomic mass is 10.1. The van der Waals surface area contributed by atoms with Gasteiger partial charge in [-0.1, -0.05) is 11.6 Å². The van der Waals surface area contributed by atoms with E-state index in [0.717, 1.165) is 11.8 Å². The first-order chi connectivity index (χ1) is 12.7. The third kappa shape index (κ3) is 4.73. The van der Waals surface area contributed by atoms with Crippen LogP contribution in [0.15, 0.2) is 46.2 Å². The Morgan fingerprint density at radius 3 is 2.30 bits per heavy atom. The van der Waals surface area contributed by atoms with E-state index >= 15 is 0 Å². The van der Waals surface area contributed by atoms with E-state index in [0.29, 0.717) is 36.2 Å². The topological polar surface area (TPSA) is 98.8 Å². The number of halogens is 1. The maximum atomic E-state index is 12.4. The Morgan fingerprint density at radius 2 is 1.63 bits per heavy atom. The number of nitrogens with one attached hydrogen (secondary N) is 1. The monoisotopic (exact) mass is 431 g/mol. The zero-order chi connectivity index (χ0) is 19.7. The van der Waals surface area contributed by atoms with Crippen molar-refractivity contribution in [3.05, 3.63) is 47.0 Å². The minimum atomic E-state index is -3.75. The standard InChI is InChI=1S/C17H18ClNO6S2/c1-26(20,21)13-2-4-14(5-3-13)27(22,23)19-7-6-12-10-15(18)17-16(11-12)24-8-9-25-17/h2-5,10-11,19H,6-9H2,1H3. The molecule has 0 amide bonds. The Bertz CT molecular complexity index is 1050. The van der Waals surface area contributed by atoms with E-state index in [-0.39, 0.29) is 16.3 Å². The van der Waals surface area contributed by atoms with E-state index in [2.05, 4.69) is 4.72 Å². The molecule has 3 rings (SSSR count). The Labute approximate surface area is 163 Å². The van der Waals surface area contributed by atoms with Crippen LogP contribution < -0.4 is 14.2 Å². The zero-order valence-electron chi connectivity index (χ0n) is 14.4. The molecule has 0 radical (unpaired) electrons. The van der Waals surface area contributed by atoms with E-state index in [1.54, 1.807) is 12.1 Å². The van der Waals surface area contributed by atoms with Gasteiger partial charge in [-0.3, -0.25) is 0 Å². The summed E-state index contributed by atoms with van der Waals surface area (Å²) in [6.07, 6.45) is 1.46. The summed E-state index contributed by atoms with van der Waals surface area (Å²) in [5.41, 5.74) is 0.805. The van der Waals surface area contributed by atoms with Crippen LogP contribution in [0.4, 0.5) is 0 Å². The van der Waals surface area contributed by atoms with Crippen LogP contribution in [0, 0.1) is 0 Å². The van der Waals surface area contributed by atoms with Crippen LogP contribution in [0.1, 0.15) is 5.56 Å². The second-order valence-corrected chi connectivity index (χ2v) is 10.2. The van der Waals surface area contributed by atoms with E-state index in [4.69, 9.17) is 21.1 Å². The van der Waals surface area contributed by atoms with Crippen molar-refractivity contribution in [3.8, 4) is 11.5 Å². The predicted molar refractivity (Wildman–Crippen MR) is 101 cm³/mol. The smallest absolute Gasteiger partial charge is 0.240 e.